The van der Waals surface area contributed by atoms with Crippen molar-refractivity contribution in [1.29, 1.82) is 0 Å². The molecule has 0 aromatic heterocycles. The smallest absolute Gasteiger partial charge is 0.0551 e. The van der Waals surface area contributed by atoms with Gasteiger partial charge in [0, 0.05) is 26.8 Å². The van der Waals surface area contributed by atoms with Gasteiger partial charge in [0.25, 0.3) is 0 Å². The van der Waals surface area contributed by atoms with Crippen molar-refractivity contribution in [2.75, 3.05) is 21.1 Å². The molecule has 0 radical (unpaired) electrons. The average molecular weight is 206 g/mol. The largest absolute Gasteiger partial charge is 0.390 e. The highest BCUT2D eigenvalue weighted by atomic mass is 15.1. The lowest BCUT2D eigenvalue weighted by Gasteiger charge is -2.17. The number of nitrogens with one attached hydrogen (secondary N) is 1. The molecule has 0 aliphatic rings. The summed E-state index contributed by atoms with van der Waals surface area (Å²) in [6.07, 6.45) is 4.03. The maximum atomic E-state index is 3.92. The third kappa shape index (κ3) is 4.54. The molecule has 15 heavy (non-hydrogen) atoms. The second kappa shape index (κ2) is 6.12. The molecular weight excluding hydrogens is 184 g/mol. The van der Waals surface area contributed by atoms with Crippen LogP contribution in [0, 0.1) is 0 Å². The van der Waals surface area contributed by atoms with Gasteiger partial charge >= 0.3 is 0 Å². The van der Waals surface area contributed by atoms with Gasteiger partial charge in [-0.15, -0.1) is 0 Å². The normalized spacial score (nSPS) is 12.3. The van der Waals surface area contributed by atoms with Gasteiger partial charge in [-0.2, -0.15) is 0 Å². The molecule has 0 unspecified atom stereocenters. The van der Waals surface area contributed by atoms with Crippen LogP contribution in [0.25, 0.3) is 0 Å². The zero-order valence-corrected chi connectivity index (χ0v) is 10.5. The van der Waals surface area contributed by atoms with Crippen LogP contribution in [-0.4, -0.2) is 26.0 Å². The molecule has 0 aromatic rings. The lowest BCUT2D eigenvalue weighted by molar-refractivity contribution is 0.518. The van der Waals surface area contributed by atoms with Crippen LogP contribution in [0.15, 0.2) is 47.9 Å². The first-order chi connectivity index (χ1) is 6.90. The summed E-state index contributed by atoms with van der Waals surface area (Å²) in [5, 5.41) is 3.13. The van der Waals surface area contributed by atoms with Crippen LogP contribution in [0.1, 0.15) is 13.8 Å². The summed E-state index contributed by atoms with van der Waals surface area (Å²) < 4.78 is 0. The minimum Gasteiger partial charge on any atom is -0.390 e. The van der Waals surface area contributed by atoms with Gasteiger partial charge in [0.2, 0.25) is 0 Å². The van der Waals surface area contributed by atoms with Crippen molar-refractivity contribution in [2.45, 2.75) is 13.8 Å². The van der Waals surface area contributed by atoms with Gasteiger partial charge in [0.1, 0.15) is 0 Å². The Labute approximate surface area is 93.7 Å². The fraction of sp³-hybridized carbons (Fsp3) is 0.385. The molecule has 2 heteroatoms. The Morgan fingerprint density at radius 3 is 2.00 bits per heavy atom. The molecule has 0 saturated heterocycles. The van der Waals surface area contributed by atoms with E-state index in [9.17, 15) is 0 Å². The molecule has 84 valence electrons. The van der Waals surface area contributed by atoms with Crippen molar-refractivity contribution in [2.24, 2.45) is 0 Å². The van der Waals surface area contributed by atoms with Crippen LogP contribution in [0.3, 0.4) is 0 Å². The van der Waals surface area contributed by atoms with E-state index in [2.05, 4.69) is 23.4 Å². The minimum absolute atomic E-state index is 0.957. The molecule has 0 bridgehead atoms. The van der Waals surface area contributed by atoms with Crippen LogP contribution in [-0.2, 0) is 0 Å². The van der Waals surface area contributed by atoms with Gasteiger partial charge in [0.05, 0.1) is 5.70 Å². The first-order valence-electron chi connectivity index (χ1n) is 4.99. The van der Waals surface area contributed by atoms with Gasteiger partial charge in [-0.25, -0.2) is 0 Å². The molecule has 0 fully saturated rings. The number of allylic oxidation sites excluding steroid dienone is 5. The Morgan fingerprint density at radius 2 is 1.67 bits per heavy atom. The van der Waals surface area contributed by atoms with Crippen LogP contribution in [0.5, 0.6) is 0 Å². The van der Waals surface area contributed by atoms with E-state index in [-0.39, 0.29) is 0 Å². The van der Waals surface area contributed by atoms with E-state index in [1.807, 2.05) is 47.1 Å². The van der Waals surface area contributed by atoms with Crippen molar-refractivity contribution in [1.82, 2.24) is 10.2 Å². The predicted molar refractivity (Wildman–Crippen MR) is 68.5 cm³/mol. The zero-order valence-electron chi connectivity index (χ0n) is 10.5. The Hall–Kier alpha value is -1.44. The number of rotatable bonds is 5. The van der Waals surface area contributed by atoms with Crippen molar-refractivity contribution in [3.63, 3.8) is 0 Å². The van der Waals surface area contributed by atoms with Crippen molar-refractivity contribution in [3.8, 4) is 0 Å². The third-order valence-corrected chi connectivity index (χ3v) is 2.23. The summed E-state index contributed by atoms with van der Waals surface area (Å²) >= 11 is 0. The van der Waals surface area contributed by atoms with Crippen molar-refractivity contribution in [3.05, 3.63) is 47.9 Å². The molecule has 0 heterocycles. The number of hydrogen-bond acceptors (Lipinski definition) is 2. The molecule has 0 aromatic carbocycles. The lowest BCUT2D eigenvalue weighted by atomic mass is 10.1. The molecule has 0 atom stereocenters. The Balaban J connectivity index is 4.87. The summed E-state index contributed by atoms with van der Waals surface area (Å²) in [5.74, 6) is 0. The van der Waals surface area contributed by atoms with Gasteiger partial charge in [-0.3, -0.25) is 0 Å². The van der Waals surface area contributed by atoms with Gasteiger partial charge in [-0.05, 0) is 25.5 Å². The second-order valence-corrected chi connectivity index (χ2v) is 3.79. The van der Waals surface area contributed by atoms with Crippen LogP contribution in [0.2, 0.25) is 0 Å². The Kier molecular flexibility index (Phi) is 5.53. The molecule has 1 N–H and O–H groups in total. The molecular formula is C13H22N2. The second-order valence-electron chi connectivity index (χ2n) is 3.79. The quantitative estimate of drug-likeness (QED) is 0.696. The fourth-order valence-electron chi connectivity index (χ4n) is 1.06. The topological polar surface area (TPSA) is 15.3 Å². The molecule has 0 rings (SSSR count). The van der Waals surface area contributed by atoms with Gasteiger partial charge in [0.15, 0.2) is 0 Å². The highest BCUT2D eigenvalue weighted by Gasteiger charge is 1.99. The SMILES string of the molecule is C=C(C)C(=C)/C=C\C(=C(/C)NC)N(C)C. The Bertz CT molecular complexity index is 306. The number of nitrogens with zero attached hydrogens (tertiary/aromatic N) is 1. The fourth-order valence-corrected chi connectivity index (χ4v) is 1.06. The minimum atomic E-state index is 0.957. The van der Waals surface area contributed by atoms with E-state index in [0.29, 0.717) is 0 Å². The maximum absolute atomic E-state index is 3.92. The molecule has 0 saturated carbocycles. The summed E-state index contributed by atoms with van der Waals surface area (Å²) in [4.78, 5) is 2.06. The maximum Gasteiger partial charge on any atom is 0.0551 e. The van der Waals surface area contributed by atoms with Crippen LogP contribution >= 0.6 is 0 Å². The summed E-state index contributed by atoms with van der Waals surface area (Å²) in [6, 6.07) is 0. The van der Waals surface area contributed by atoms with Crippen molar-refractivity contribution >= 4 is 0 Å². The predicted octanol–water partition coefficient (Wildman–Crippen LogP) is 2.69. The van der Waals surface area contributed by atoms with Gasteiger partial charge < -0.3 is 10.2 Å². The monoisotopic (exact) mass is 206 g/mol. The summed E-state index contributed by atoms with van der Waals surface area (Å²) in [6.45, 7) is 11.8. The molecule has 0 amide bonds. The van der Waals surface area contributed by atoms with E-state index in [1.54, 1.807) is 0 Å². The lowest BCUT2D eigenvalue weighted by Crippen LogP contribution is -2.16. The van der Waals surface area contributed by atoms with E-state index >= 15 is 0 Å². The summed E-state index contributed by atoms with van der Waals surface area (Å²) in [7, 11) is 5.95. The molecule has 2 nitrogen and oxygen atoms in total. The zero-order chi connectivity index (χ0) is 12.0. The Morgan fingerprint density at radius 1 is 1.13 bits per heavy atom. The van der Waals surface area contributed by atoms with Crippen molar-refractivity contribution < 1.29 is 0 Å². The third-order valence-electron chi connectivity index (χ3n) is 2.23. The highest BCUT2D eigenvalue weighted by molar-refractivity contribution is 5.37. The number of likely N-dealkylation sites (N-methyl/N-ethyl adjacent to an activating group) is 1. The van der Waals surface area contributed by atoms with Gasteiger partial charge in [-0.1, -0.05) is 24.8 Å². The number of hydrogen-bond donors (Lipinski definition) is 1. The molecule has 0 aliphatic carbocycles. The van der Waals surface area contributed by atoms with E-state index in [0.717, 1.165) is 22.5 Å². The molecule has 0 spiro atoms. The van der Waals surface area contributed by atoms with E-state index in [1.165, 1.54) is 0 Å². The standard InChI is InChI=1S/C13H22N2/c1-10(2)11(3)8-9-13(15(6)7)12(4)14-5/h8-9,14H,1,3H2,2,4-7H3/b9-8-,13-12-. The average Bonchev–Trinajstić information content (AvgIpc) is 2.16. The first-order valence-corrected chi connectivity index (χ1v) is 4.99. The summed E-state index contributed by atoms with van der Waals surface area (Å²) in [5.41, 5.74) is 4.22. The van der Waals surface area contributed by atoms with Crippen LogP contribution < -0.4 is 5.32 Å². The first kappa shape index (κ1) is 13.6. The van der Waals surface area contributed by atoms with Crippen LogP contribution in [0.4, 0.5) is 0 Å². The molecule has 0 aliphatic heterocycles. The van der Waals surface area contributed by atoms with E-state index in [4.69, 9.17) is 0 Å². The van der Waals surface area contributed by atoms with E-state index < -0.39 is 0 Å². The highest BCUT2D eigenvalue weighted by Crippen LogP contribution is 2.10.